The second kappa shape index (κ2) is 10.2. The highest BCUT2D eigenvalue weighted by molar-refractivity contribution is 6.16. The molecule has 10 nitrogen and oxygen atoms in total. The van der Waals surface area contributed by atoms with Crippen LogP contribution in [0.1, 0.15) is 72.6 Å². The number of H-pyrrole nitrogens is 1. The Morgan fingerprint density at radius 2 is 2.10 bits per heavy atom. The average molecular weight is 564 g/mol. The van der Waals surface area contributed by atoms with Crippen molar-refractivity contribution in [1.29, 1.82) is 0 Å². The number of hydrogen-bond acceptors (Lipinski definition) is 8. The van der Waals surface area contributed by atoms with Crippen molar-refractivity contribution in [3.8, 4) is 6.01 Å². The van der Waals surface area contributed by atoms with Crippen molar-refractivity contribution in [2.75, 3.05) is 55.8 Å². The second-order valence-electron chi connectivity index (χ2n) is 12.3. The number of carbonyl (C=O) groups is 1. The van der Waals surface area contributed by atoms with Gasteiger partial charge in [-0.2, -0.15) is 15.1 Å². The molecule has 4 aliphatic heterocycles. The predicted octanol–water partition coefficient (Wildman–Crippen LogP) is 4.13. The van der Waals surface area contributed by atoms with E-state index in [-0.39, 0.29) is 23.4 Å². The van der Waals surface area contributed by atoms with Crippen LogP contribution in [0.5, 0.6) is 6.01 Å². The number of hydrogen-bond donors (Lipinski definition) is 1. The number of nitrogens with one attached hydrogen (secondary N) is 1. The standard InChI is InChI=1S/C30H38FN7O3/c1-18(2)24-19(3)12-22-21(14-32-35-22)26(24)38-16-23-25(28(38)39)27(36-7-5-10-40-11-9-36)34-29(33-23)41-17-30-6-4-8-37(30)15-20(31)13-30/h12,14,18,20H,4-11,13,15-17H2,1-3H3,(H,32,35). The van der Waals surface area contributed by atoms with E-state index in [0.717, 1.165) is 60.1 Å². The molecule has 0 spiro atoms. The fourth-order valence-corrected chi connectivity index (χ4v) is 7.48. The fourth-order valence-electron chi connectivity index (χ4n) is 7.48. The Kier molecular flexibility index (Phi) is 6.61. The van der Waals surface area contributed by atoms with E-state index in [4.69, 9.17) is 19.4 Å². The predicted molar refractivity (Wildman–Crippen MR) is 154 cm³/mol. The van der Waals surface area contributed by atoms with Crippen LogP contribution in [0, 0.1) is 6.92 Å². The molecule has 6 heterocycles. The Morgan fingerprint density at radius 1 is 1.22 bits per heavy atom. The number of alkyl halides is 1. The van der Waals surface area contributed by atoms with Crippen molar-refractivity contribution in [2.24, 2.45) is 0 Å². The smallest absolute Gasteiger partial charge is 0.318 e. The summed E-state index contributed by atoms with van der Waals surface area (Å²) in [5.41, 5.74) is 4.88. The van der Waals surface area contributed by atoms with Crippen LogP contribution in [0.2, 0.25) is 0 Å². The largest absolute Gasteiger partial charge is 0.461 e. The number of carbonyl (C=O) groups excluding carboxylic acids is 1. The van der Waals surface area contributed by atoms with Crippen LogP contribution in [-0.4, -0.2) is 88.7 Å². The molecule has 2 atom stereocenters. The molecule has 0 radical (unpaired) electrons. The van der Waals surface area contributed by atoms with Gasteiger partial charge in [-0.15, -0.1) is 0 Å². The second-order valence-corrected chi connectivity index (χ2v) is 12.3. The van der Waals surface area contributed by atoms with Crippen molar-refractivity contribution in [3.63, 3.8) is 0 Å². The maximum Gasteiger partial charge on any atom is 0.318 e. The van der Waals surface area contributed by atoms with E-state index in [2.05, 4.69) is 46.8 Å². The van der Waals surface area contributed by atoms with Gasteiger partial charge in [0.2, 0.25) is 0 Å². The van der Waals surface area contributed by atoms with Gasteiger partial charge in [-0.1, -0.05) is 13.8 Å². The third kappa shape index (κ3) is 4.44. The highest BCUT2D eigenvalue weighted by Crippen LogP contribution is 2.43. The lowest BCUT2D eigenvalue weighted by Crippen LogP contribution is -2.43. The zero-order chi connectivity index (χ0) is 28.3. The first kappa shape index (κ1) is 26.6. The van der Waals surface area contributed by atoms with E-state index in [1.807, 2.05) is 4.90 Å². The van der Waals surface area contributed by atoms with Crippen LogP contribution in [0.15, 0.2) is 12.3 Å². The summed E-state index contributed by atoms with van der Waals surface area (Å²) >= 11 is 0. The maximum atomic E-state index is 14.4. The summed E-state index contributed by atoms with van der Waals surface area (Å²) in [5.74, 6) is 0.687. The molecule has 41 heavy (non-hydrogen) atoms. The summed E-state index contributed by atoms with van der Waals surface area (Å²) in [5, 5.41) is 8.29. The van der Waals surface area contributed by atoms with Crippen LogP contribution >= 0.6 is 0 Å². The molecule has 1 N–H and O–H groups in total. The van der Waals surface area contributed by atoms with Crippen LogP contribution in [-0.2, 0) is 11.3 Å². The van der Waals surface area contributed by atoms with Gasteiger partial charge in [0, 0.05) is 38.0 Å². The van der Waals surface area contributed by atoms with Crippen molar-refractivity contribution in [1.82, 2.24) is 25.1 Å². The van der Waals surface area contributed by atoms with Crippen LogP contribution in [0.4, 0.5) is 15.9 Å². The Morgan fingerprint density at radius 3 is 2.95 bits per heavy atom. The third-order valence-electron chi connectivity index (χ3n) is 9.28. The summed E-state index contributed by atoms with van der Waals surface area (Å²) < 4.78 is 26.4. The number of aromatic nitrogens is 4. The van der Waals surface area contributed by atoms with Gasteiger partial charge in [-0.3, -0.25) is 14.8 Å². The van der Waals surface area contributed by atoms with E-state index in [1.165, 1.54) is 0 Å². The number of amides is 1. The first-order valence-electron chi connectivity index (χ1n) is 14.9. The number of aryl methyl sites for hydroxylation is 1. The molecule has 2 aromatic heterocycles. The maximum absolute atomic E-state index is 14.4. The number of benzene rings is 1. The van der Waals surface area contributed by atoms with Gasteiger partial charge in [0.15, 0.2) is 0 Å². The zero-order valence-corrected chi connectivity index (χ0v) is 24.1. The van der Waals surface area contributed by atoms with E-state index in [0.29, 0.717) is 63.0 Å². The molecular formula is C30H38FN7O3. The Labute approximate surface area is 239 Å². The van der Waals surface area contributed by atoms with Crippen molar-refractivity contribution in [3.05, 3.63) is 34.6 Å². The lowest BCUT2D eigenvalue weighted by molar-refractivity contribution is 0.0995. The number of halogens is 1. The first-order valence-corrected chi connectivity index (χ1v) is 14.9. The minimum Gasteiger partial charge on any atom is -0.461 e. The van der Waals surface area contributed by atoms with Crippen molar-refractivity contribution >= 4 is 28.3 Å². The summed E-state index contributed by atoms with van der Waals surface area (Å²) in [6.07, 6.45) is 4.24. The van der Waals surface area contributed by atoms with Gasteiger partial charge in [0.25, 0.3) is 5.91 Å². The highest BCUT2D eigenvalue weighted by Gasteiger charge is 2.49. The van der Waals surface area contributed by atoms with Gasteiger partial charge in [0.1, 0.15) is 24.2 Å². The van der Waals surface area contributed by atoms with Gasteiger partial charge in [-0.25, -0.2) is 4.39 Å². The summed E-state index contributed by atoms with van der Waals surface area (Å²) in [4.78, 5) is 30.2. The number of anilines is 2. The Bertz CT molecular complexity index is 1480. The topological polar surface area (TPSA) is 99.7 Å². The van der Waals surface area contributed by atoms with Gasteiger partial charge >= 0.3 is 6.01 Å². The SMILES string of the molecule is Cc1cc2[nH]ncc2c(N2Cc3nc(OCC45CCCN4CC(F)C5)nc(N4CCCOCC4)c3C2=O)c1C(C)C. The summed E-state index contributed by atoms with van der Waals surface area (Å²) in [6, 6.07) is 2.35. The van der Waals surface area contributed by atoms with E-state index in [1.54, 1.807) is 6.20 Å². The molecule has 0 aliphatic carbocycles. The summed E-state index contributed by atoms with van der Waals surface area (Å²) in [6.45, 7) is 11.0. The van der Waals surface area contributed by atoms with E-state index in [9.17, 15) is 9.18 Å². The molecule has 1 aromatic carbocycles. The normalized spacial score (nSPS) is 24.9. The molecule has 2 unspecified atom stereocenters. The molecule has 3 saturated heterocycles. The number of ether oxygens (including phenoxy) is 2. The van der Waals surface area contributed by atoms with Crippen LogP contribution in [0.25, 0.3) is 10.9 Å². The van der Waals surface area contributed by atoms with Crippen molar-refractivity contribution < 1.29 is 18.7 Å². The zero-order valence-electron chi connectivity index (χ0n) is 24.1. The van der Waals surface area contributed by atoms with Gasteiger partial charge in [0.05, 0.1) is 41.8 Å². The highest BCUT2D eigenvalue weighted by atomic mass is 19.1. The van der Waals surface area contributed by atoms with Crippen LogP contribution in [0.3, 0.4) is 0 Å². The number of aromatic amines is 1. The molecule has 11 heteroatoms. The molecule has 0 saturated carbocycles. The third-order valence-corrected chi connectivity index (χ3v) is 9.28. The Hall–Kier alpha value is -3.31. The van der Waals surface area contributed by atoms with Crippen molar-refractivity contribution in [2.45, 2.75) is 70.6 Å². The molecule has 7 rings (SSSR count). The molecular weight excluding hydrogens is 525 g/mol. The monoisotopic (exact) mass is 563 g/mol. The molecule has 3 fully saturated rings. The summed E-state index contributed by atoms with van der Waals surface area (Å²) in [7, 11) is 0. The fraction of sp³-hybridized carbons (Fsp3) is 0.600. The molecule has 1 amide bonds. The minimum atomic E-state index is -0.831. The molecule has 4 aliphatic rings. The van der Waals surface area contributed by atoms with E-state index >= 15 is 0 Å². The lowest BCUT2D eigenvalue weighted by Gasteiger charge is -2.31. The first-order chi connectivity index (χ1) is 19.8. The molecule has 0 bridgehead atoms. The number of rotatable bonds is 6. The number of nitrogens with zero attached hydrogens (tertiary/aromatic N) is 6. The number of fused-ring (bicyclic) bond motifs is 3. The Balaban J connectivity index is 1.29. The minimum absolute atomic E-state index is 0.113. The quantitative estimate of drug-likeness (QED) is 0.478. The average Bonchev–Trinajstić information content (AvgIpc) is 3.64. The van der Waals surface area contributed by atoms with Gasteiger partial charge < -0.3 is 19.3 Å². The molecule has 3 aromatic rings. The van der Waals surface area contributed by atoms with Crippen LogP contribution < -0.4 is 14.5 Å². The lowest BCUT2D eigenvalue weighted by atomic mass is 9.93. The molecule has 218 valence electrons. The van der Waals surface area contributed by atoms with E-state index < -0.39 is 6.17 Å². The van der Waals surface area contributed by atoms with Gasteiger partial charge in [-0.05, 0) is 55.8 Å².